The molecule has 3 N–H and O–H groups in total. The quantitative estimate of drug-likeness (QED) is 0.592. The van der Waals surface area contributed by atoms with E-state index in [9.17, 15) is 13.2 Å². The fourth-order valence-corrected chi connectivity index (χ4v) is 2.91. The molecule has 2 aromatic rings. The van der Waals surface area contributed by atoms with Crippen molar-refractivity contribution in [1.82, 2.24) is 10.0 Å². The molecule has 0 aliphatic carbocycles. The third-order valence-corrected chi connectivity index (χ3v) is 5.27. The number of hydrogen-bond donors (Lipinski definition) is 3. The van der Waals surface area contributed by atoms with Crippen molar-refractivity contribution in [3.63, 3.8) is 0 Å². The topological polar surface area (TPSA) is 87.3 Å². The van der Waals surface area contributed by atoms with Crippen LogP contribution in [0.15, 0.2) is 48.5 Å². The zero-order chi connectivity index (χ0) is 19.0. The van der Waals surface area contributed by atoms with Crippen LogP contribution in [0.3, 0.4) is 0 Å². The van der Waals surface area contributed by atoms with E-state index in [4.69, 9.17) is 0 Å². The average molecular weight is 412 g/mol. The van der Waals surface area contributed by atoms with Gasteiger partial charge in [0.1, 0.15) is 0 Å². The minimum atomic E-state index is -3.23. The second-order valence-electron chi connectivity index (χ2n) is 5.81. The number of para-hydroxylation sites is 1. The Bertz CT molecular complexity index is 840. The summed E-state index contributed by atoms with van der Waals surface area (Å²) in [4.78, 5) is 12.5. The SMILES string of the molecule is CCNCc1ccccc1NC(=O)c1ccc(CNS(=O)(=O)CC)cc1.Cl. The maximum absolute atomic E-state index is 12.5. The van der Waals surface area contributed by atoms with E-state index >= 15 is 0 Å². The Morgan fingerprint density at radius 3 is 2.26 bits per heavy atom. The number of carbonyl (C=O) groups excluding carboxylic acids is 1. The molecule has 0 aromatic heterocycles. The van der Waals surface area contributed by atoms with Crippen LogP contribution in [0.2, 0.25) is 0 Å². The van der Waals surface area contributed by atoms with Crippen molar-refractivity contribution in [3.8, 4) is 0 Å². The zero-order valence-corrected chi connectivity index (χ0v) is 17.1. The van der Waals surface area contributed by atoms with Crippen LogP contribution in [0.4, 0.5) is 5.69 Å². The van der Waals surface area contributed by atoms with E-state index in [1.807, 2.05) is 31.2 Å². The highest BCUT2D eigenvalue weighted by Crippen LogP contribution is 2.16. The van der Waals surface area contributed by atoms with E-state index in [-0.39, 0.29) is 30.6 Å². The number of benzene rings is 2. The Morgan fingerprint density at radius 2 is 1.63 bits per heavy atom. The first-order valence-electron chi connectivity index (χ1n) is 8.61. The molecule has 0 bridgehead atoms. The van der Waals surface area contributed by atoms with Gasteiger partial charge < -0.3 is 10.6 Å². The minimum Gasteiger partial charge on any atom is -0.322 e. The summed E-state index contributed by atoms with van der Waals surface area (Å²) in [5.74, 6) is -0.158. The molecule has 0 heterocycles. The van der Waals surface area contributed by atoms with Gasteiger partial charge in [-0.3, -0.25) is 4.79 Å². The monoisotopic (exact) mass is 411 g/mol. The molecular formula is C19H26ClN3O3S. The highest BCUT2D eigenvalue weighted by atomic mass is 35.5. The molecule has 0 spiro atoms. The van der Waals surface area contributed by atoms with Crippen LogP contribution in [-0.2, 0) is 23.1 Å². The molecule has 0 aliphatic rings. The van der Waals surface area contributed by atoms with Gasteiger partial charge in [0.2, 0.25) is 10.0 Å². The largest absolute Gasteiger partial charge is 0.322 e. The van der Waals surface area contributed by atoms with Crippen molar-refractivity contribution in [2.45, 2.75) is 26.9 Å². The molecule has 1 amide bonds. The number of anilines is 1. The standard InChI is InChI=1S/C19H25N3O3S.ClH/c1-3-20-14-17-7-5-6-8-18(17)22-19(23)16-11-9-15(10-12-16)13-21-26(24,25)4-2;/h5-12,20-21H,3-4,13-14H2,1-2H3,(H,22,23);1H. The Kier molecular flexibility index (Phi) is 9.45. The highest BCUT2D eigenvalue weighted by Gasteiger charge is 2.10. The maximum Gasteiger partial charge on any atom is 0.255 e. The summed E-state index contributed by atoms with van der Waals surface area (Å²) in [5.41, 5.74) is 3.11. The van der Waals surface area contributed by atoms with E-state index in [0.29, 0.717) is 12.1 Å². The molecule has 0 unspecified atom stereocenters. The lowest BCUT2D eigenvalue weighted by atomic mass is 10.1. The molecule has 0 radical (unpaired) electrons. The van der Waals surface area contributed by atoms with E-state index in [2.05, 4.69) is 15.4 Å². The third-order valence-electron chi connectivity index (χ3n) is 3.92. The number of amides is 1. The summed E-state index contributed by atoms with van der Waals surface area (Å²) in [5, 5.41) is 6.18. The Morgan fingerprint density at radius 1 is 0.963 bits per heavy atom. The lowest BCUT2D eigenvalue weighted by molar-refractivity contribution is 0.102. The summed E-state index contributed by atoms with van der Waals surface area (Å²) in [7, 11) is -3.23. The predicted octanol–water partition coefficient (Wildman–Crippen LogP) is 2.91. The second kappa shape index (κ2) is 11.0. The van der Waals surface area contributed by atoms with Crippen LogP contribution in [0.25, 0.3) is 0 Å². The van der Waals surface area contributed by atoms with Crippen LogP contribution in [0, 0.1) is 0 Å². The van der Waals surface area contributed by atoms with Crippen LogP contribution < -0.4 is 15.4 Å². The molecule has 6 nitrogen and oxygen atoms in total. The van der Waals surface area contributed by atoms with Gasteiger partial charge in [0.15, 0.2) is 0 Å². The lowest BCUT2D eigenvalue weighted by Crippen LogP contribution is -2.24. The number of carbonyl (C=O) groups is 1. The minimum absolute atomic E-state index is 0. The predicted molar refractivity (Wildman–Crippen MR) is 112 cm³/mol. The first kappa shape index (κ1) is 23.1. The number of sulfonamides is 1. The summed E-state index contributed by atoms with van der Waals surface area (Å²) < 4.78 is 25.5. The average Bonchev–Trinajstić information content (AvgIpc) is 2.66. The number of rotatable bonds is 9. The zero-order valence-electron chi connectivity index (χ0n) is 15.5. The van der Waals surface area contributed by atoms with Gasteiger partial charge in [-0.25, -0.2) is 13.1 Å². The fraction of sp³-hybridized carbons (Fsp3) is 0.316. The summed E-state index contributed by atoms with van der Waals surface area (Å²) in [6.07, 6.45) is 0. The van der Waals surface area contributed by atoms with E-state index in [1.165, 1.54) is 0 Å². The third kappa shape index (κ3) is 7.30. The van der Waals surface area contributed by atoms with Gasteiger partial charge in [-0.05, 0) is 42.8 Å². The van der Waals surface area contributed by atoms with Crippen LogP contribution in [0.5, 0.6) is 0 Å². The number of nitrogens with one attached hydrogen (secondary N) is 3. The summed E-state index contributed by atoms with van der Waals surface area (Å²) in [6, 6.07) is 14.5. The maximum atomic E-state index is 12.5. The Labute approximate surface area is 167 Å². The second-order valence-corrected chi connectivity index (χ2v) is 7.91. The van der Waals surface area contributed by atoms with Gasteiger partial charge in [0.05, 0.1) is 5.75 Å². The van der Waals surface area contributed by atoms with Crippen LogP contribution >= 0.6 is 12.4 Å². The Hall–Kier alpha value is -1.93. The normalized spacial score (nSPS) is 10.9. The first-order chi connectivity index (χ1) is 12.4. The number of hydrogen-bond acceptors (Lipinski definition) is 4. The van der Waals surface area contributed by atoms with E-state index in [0.717, 1.165) is 23.4 Å². The molecule has 2 rings (SSSR count). The fourth-order valence-electron chi connectivity index (χ4n) is 2.32. The summed E-state index contributed by atoms with van der Waals surface area (Å²) >= 11 is 0. The van der Waals surface area contributed by atoms with Crippen LogP contribution in [0.1, 0.15) is 35.3 Å². The van der Waals surface area contributed by atoms with Crippen molar-refractivity contribution in [2.24, 2.45) is 0 Å². The van der Waals surface area contributed by atoms with Gasteiger partial charge in [-0.2, -0.15) is 0 Å². The van der Waals surface area contributed by atoms with Gasteiger partial charge in [-0.1, -0.05) is 37.3 Å². The smallest absolute Gasteiger partial charge is 0.255 e. The molecule has 0 fully saturated rings. The van der Waals surface area contributed by atoms with Gasteiger partial charge in [0.25, 0.3) is 5.91 Å². The van der Waals surface area contributed by atoms with Crippen molar-refractivity contribution in [1.29, 1.82) is 0 Å². The molecular weight excluding hydrogens is 386 g/mol. The lowest BCUT2D eigenvalue weighted by Gasteiger charge is -2.12. The van der Waals surface area contributed by atoms with Gasteiger partial charge in [-0.15, -0.1) is 12.4 Å². The van der Waals surface area contributed by atoms with Crippen molar-refractivity contribution < 1.29 is 13.2 Å². The van der Waals surface area contributed by atoms with Crippen molar-refractivity contribution in [2.75, 3.05) is 17.6 Å². The molecule has 8 heteroatoms. The first-order valence-corrected chi connectivity index (χ1v) is 10.3. The van der Waals surface area contributed by atoms with E-state index in [1.54, 1.807) is 31.2 Å². The van der Waals surface area contributed by atoms with Gasteiger partial charge in [0, 0.05) is 24.3 Å². The molecule has 0 saturated heterocycles. The highest BCUT2D eigenvalue weighted by molar-refractivity contribution is 7.89. The Balaban J connectivity index is 0.00000364. The summed E-state index contributed by atoms with van der Waals surface area (Å²) in [6.45, 7) is 5.37. The van der Waals surface area contributed by atoms with Crippen molar-refractivity contribution >= 4 is 34.0 Å². The molecule has 2 aromatic carbocycles. The van der Waals surface area contributed by atoms with Crippen molar-refractivity contribution in [3.05, 3.63) is 65.2 Å². The van der Waals surface area contributed by atoms with E-state index < -0.39 is 10.0 Å². The van der Waals surface area contributed by atoms with Crippen LogP contribution in [-0.4, -0.2) is 26.6 Å². The molecule has 148 valence electrons. The molecule has 0 saturated carbocycles. The number of halogens is 1. The molecule has 0 atom stereocenters. The molecule has 0 aliphatic heterocycles. The molecule has 27 heavy (non-hydrogen) atoms. The van der Waals surface area contributed by atoms with Gasteiger partial charge >= 0.3 is 0 Å².